The number of carbonyl (C=O) groups excluding carboxylic acids is 1. The van der Waals surface area contributed by atoms with E-state index in [2.05, 4.69) is 15.6 Å². The summed E-state index contributed by atoms with van der Waals surface area (Å²) in [5.74, 6) is -0.149. The van der Waals surface area contributed by atoms with Crippen LogP contribution >= 0.6 is 0 Å². The zero-order valence-electron chi connectivity index (χ0n) is 10.2. The van der Waals surface area contributed by atoms with Crippen LogP contribution in [0.25, 0.3) is 0 Å². The minimum absolute atomic E-state index is 0.149. The Morgan fingerprint density at radius 1 is 1.22 bits per heavy atom. The summed E-state index contributed by atoms with van der Waals surface area (Å²) in [5.41, 5.74) is 2.51. The van der Waals surface area contributed by atoms with E-state index in [1.54, 1.807) is 24.5 Å². The van der Waals surface area contributed by atoms with Gasteiger partial charge in [-0.1, -0.05) is 12.1 Å². The van der Waals surface area contributed by atoms with Crippen molar-refractivity contribution in [2.45, 2.75) is 6.54 Å². The number of anilines is 1. The van der Waals surface area contributed by atoms with Gasteiger partial charge in [0.15, 0.2) is 0 Å². The van der Waals surface area contributed by atoms with Gasteiger partial charge in [-0.2, -0.15) is 0 Å². The van der Waals surface area contributed by atoms with Gasteiger partial charge in [0.25, 0.3) is 5.91 Å². The van der Waals surface area contributed by atoms with Gasteiger partial charge in [0.05, 0.1) is 5.56 Å². The third-order valence-electron chi connectivity index (χ3n) is 2.52. The Balaban J connectivity index is 2.03. The average molecular weight is 241 g/mol. The Morgan fingerprint density at radius 3 is 2.61 bits per heavy atom. The number of aromatic nitrogens is 1. The Bertz CT molecular complexity index is 508. The molecule has 4 nitrogen and oxygen atoms in total. The van der Waals surface area contributed by atoms with E-state index in [0.717, 1.165) is 12.2 Å². The maximum Gasteiger partial charge on any atom is 0.257 e. The van der Waals surface area contributed by atoms with Gasteiger partial charge in [0.1, 0.15) is 0 Å². The maximum atomic E-state index is 11.9. The van der Waals surface area contributed by atoms with Crippen LogP contribution in [0.5, 0.6) is 0 Å². The Kier molecular flexibility index (Phi) is 4.04. The van der Waals surface area contributed by atoms with E-state index in [-0.39, 0.29) is 5.91 Å². The Morgan fingerprint density at radius 2 is 2.00 bits per heavy atom. The first-order chi connectivity index (χ1) is 8.79. The lowest BCUT2D eigenvalue weighted by Gasteiger charge is -2.06. The van der Waals surface area contributed by atoms with Crippen molar-refractivity contribution in [2.24, 2.45) is 0 Å². The molecular formula is C14H15N3O. The minimum Gasteiger partial charge on any atom is -0.322 e. The zero-order valence-corrected chi connectivity index (χ0v) is 10.2. The van der Waals surface area contributed by atoms with Gasteiger partial charge in [-0.15, -0.1) is 0 Å². The van der Waals surface area contributed by atoms with Gasteiger partial charge in [0.2, 0.25) is 0 Å². The van der Waals surface area contributed by atoms with Crippen molar-refractivity contribution in [2.75, 3.05) is 12.4 Å². The molecule has 0 bridgehead atoms. The summed E-state index contributed by atoms with van der Waals surface area (Å²) < 4.78 is 0. The second-order valence-electron chi connectivity index (χ2n) is 3.92. The highest BCUT2D eigenvalue weighted by atomic mass is 16.1. The number of nitrogens with one attached hydrogen (secondary N) is 2. The highest BCUT2D eigenvalue weighted by Gasteiger charge is 2.05. The molecule has 0 saturated carbocycles. The summed E-state index contributed by atoms with van der Waals surface area (Å²) in [6.07, 6.45) is 3.19. The van der Waals surface area contributed by atoms with Crippen molar-refractivity contribution in [3.05, 3.63) is 59.9 Å². The van der Waals surface area contributed by atoms with Crippen molar-refractivity contribution in [1.82, 2.24) is 10.3 Å². The fourth-order valence-corrected chi connectivity index (χ4v) is 1.61. The quantitative estimate of drug-likeness (QED) is 0.861. The van der Waals surface area contributed by atoms with Crippen LogP contribution in [-0.2, 0) is 6.54 Å². The lowest BCUT2D eigenvalue weighted by atomic mass is 10.2. The molecule has 0 aliphatic carbocycles. The topological polar surface area (TPSA) is 54.0 Å². The van der Waals surface area contributed by atoms with Gasteiger partial charge < -0.3 is 10.6 Å². The number of carbonyl (C=O) groups is 1. The van der Waals surface area contributed by atoms with Crippen molar-refractivity contribution >= 4 is 11.6 Å². The third-order valence-corrected chi connectivity index (χ3v) is 2.52. The molecule has 2 aromatic rings. The summed E-state index contributed by atoms with van der Waals surface area (Å²) in [5, 5.41) is 5.90. The number of nitrogens with zero attached hydrogens (tertiary/aromatic N) is 1. The van der Waals surface area contributed by atoms with Crippen LogP contribution in [0.15, 0.2) is 48.8 Å². The van der Waals surface area contributed by atoms with Crippen LogP contribution in [-0.4, -0.2) is 17.9 Å². The molecule has 1 heterocycles. The molecule has 0 fully saturated rings. The SMILES string of the molecule is CNCc1ccc(NC(=O)c2cccnc2)cc1. The molecule has 1 aromatic carbocycles. The highest BCUT2D eigenvalue weighted by Crippen LogP contribution is 2.11. The van der Waals surface area contributed by atoms with Crippen LogP contribution in [0.3, 0.4) is 0 Å². The standard InChI is InChI=1S/C14H15N3O/c1-15-9-11-4-6-13(7-5-11)17-14(18)12-3-2-8-16-10-12/h2-8,10,15H,9H2,1H3,(H,17,18). The number of amides is 1. The largest absolute Gasteiger partial charge is 0.322 e. The van der Waals surface area contributed by atoms with E-state index in [1.165, 1.54) is 5.56 Å². The Hall–Kier alpha value is -2.20. The fraction of sp³-hybridized carbons (Fsp3) is 0.143. The van der Waals surface area contributed by atoms with Gasteiger partial charge in [-0.05, 0) is 36.9 Å². The lowest BCUT2D eigenvalue weighted by molar-refractivity contribution is 0.102. The van der Waals surface area contributed by atoms with Gasteiger partial charge in [0, 0.05) is 24.6 Å². The van der Waals surface area contributed by atoms with E-state index in [0.29, 0.717) is 5.56 Å². The third kappa shape index (κ3) is 3.15. The normalized spacial score (nSPS) is 10.1. The van der Waals surface area contributed by atoms with E-state index in [9.17, 15) is 4.79 Å². The molecule has 0 aliphatic heterocycles. The molecule has 0 aliphatic rings. The number of pyridine rings is 1. The molecule has 2 rings (SSSR count). The van der Waals surface area contributed by atoms with Crippen LogP contribution < -0.4 is 10.6 Å². The molecule has 0 atom stereocenters. The van der Waals surface area contributed by atoms with Crippen molar-refractivity contribution in [1.29, 1.82) is 0 Å². The van der Waals surface area contributed by atoms with Gasteiger partial charge in [-0.25, -0.2) is 0 Å². The number of benzene rings is 1. The number of hydrogen-bond donors (Lipinski definition) is 2. The molecule has 4 heteroatoms. The molecule has 92 valence electrons. The Labute approximate surface area is 106 Å². The van der Waals surface area contributed by atoms with Crippen LogP contribution in [0, 0.1) is 0 Å². The van der Waals surface area contributed by atoms with Crippen LogP contribution in [0.4, 0.5) is 5.69 Å². The molecular weight excluding hydrogens is 226 g/mol. The highest BCUT2D eigenvalue weighted by molar-refractivity contribution is 6.03. The van der Waals surface area contributed by atoms with Crippen molar-refractivity contribution in [3.8, 4) is 0 Å². The second kappa shape index (κ2) is 5.93. The molecule has 2 N–H and O–H groups in total. The first-order valence-electron chi connectivity index (χ1n) is 5.74. The molecule has 1 aromatic heterocycles. The predicted molar refractivity (Wildman–Crippen MR) is 71.4 cm³/mol. The smallest absolute Gasteiger partial charge is 0.257 e. The molecule has 0 saturated heterocycles. The summed E-state index contributed by atoms with van der Waals surface area (Å²) in [6, 6.07) is 11.2. The lowest BCUT2D eigenvalue weighted by Crippen LogP contribution is -2.12. The summed E-state index contributed by atoms with van der Waals surface area (Å²) in [6.45, 7) is 0.816. The van der Waals surface area contributed by atoms with Crippen molar-refractivity contribution in [3.63, 3.8) is 0 Å². The minimum atomic E-state index is -0.149. The summed E-state index contributed by atoms with van der Waals surface area (Å²) in [4.78, 5) is 15.8. The second-order valence-corrected chi connectivity index (χ2v) is 3.92. The molecule has 0 unspecified atom stereocenters. The monoisotopic (exact) mass is 241 g/mol. The summed E-state index contributed by atoms with van der Waals surface area (Å²) >= 11 is 0. The molecule has 18 heavy (non-hydrogen) atoms. The van der Waals surface area contributed by atoms with Crippen LogP contribution in [0.2, 0.25) is 0 Å². The van der Waals surface area contributed by atoms with Gasteiger partial charge in [-0.3, -0.25) is 9.78 Å². The zero-order chi connectivity index (χ0) is 12.8. The molecule has 0 radical (unpaired) electrons. The van der Waals surface area contributed by atoms with E-state index in [4.69, 9.17) is 0 Å². The van der Waals surface area contributed by atoms with E-state index >= 15 is 0 Å². The predicted octanol–water partition coefficient (Wildman–Crippen LogP) is 2.05. The fourth-order valence-electron chi connectivity index (χ4n) is 1.61. The number of hydrogen-bond acceptors (Lipinski definition) is 3. The van der Waals surface area contributed by atoms with E-state index in [1.807, 2.05) is 31.3 Å². The molecule has 0 spiro atoms. The van der Waals surface area contributed by atoms with E-state index < -0.39 is 0 Å². The maximum absolute atomic E-state index is 11.9. The molecule has 1 amide bonds. The summed E-state index contributed by atoms with van der Waals surface area (Å²) in [7, 11) is 1.90. The van der Waals surface area contributed by atoms with Gasteiger partial charge >= 0.3 is 0 Å². The number of rotatable bonds is 4. The first-order valence-corrected chi connectivity index (χ1v) is 5.74. The first kappa shape index (κ1) is 12.3. The van der Waals surface area contributed by atoms with Crippen LogP contribution in [0.1, 0.15) is 15.9 Å². The average Bonchev–Trinajstić information content (AvgIpc) is 2.42. The van der Waals surface area contributed by atoms with Crippen molar-refractivity contribution < 1.29 is 4.79 Å².